The van der Waals surface area contributed by atoms with E-state index in [4.69, 9.17) is 9.72 Å². The summed E-state index contributed by atoms with van der Waals surface area (Å²) >= 11 is 0. The van der Waals surface area contributed by atoms with Crippen LogP contribution in [0.4, 0.5) is 5.82 Å². The van der Waals surface area contributed by atoms with Gasteiger partial charge in [0.2, 0.25) is 0 Å². The van der Waals surface area contributed by atoms with Crippen molar-refractivity contribution >= 4 is 46.7 Å². The van der Waals surface area contributed by atoms with Gasteiger partial charge < -0.3 is 20.3 Å². The number of pyridine rings is 1. The lowest BCUT2D eigenvalue weighted by Crippen LogP contribution is -2.39. The van der Waals surface area contributed by atoms with Gasteiger partial charge in [-0.2, -0.15) is 0 Å². The number of aromatic nitrogens is 1. The SMILES string of the molecule is CCOC(CCNC(=NC)NCc1cc(N(C)C)nc2ccccc12)C(C)C.I. The number of benzene rings is 1. The molecule has 0 saturated carbocycles. The topological polar surface area (TPSA) is 61.8 Å². The zero-order valence-electron chi connectivity index (χ0n) is 18.5. The van der Waals surface area contributed by atoms with Gasteiger partial charge in [0.15, 0.2) is 5.96 Å². The first kappa shape index (κ1) is 25.4. The van der Waals surface area contributed by atoms with Crippen molar-refractivity contribution in [1.82, 2.24) is 15.6 Å². The predicted octanol–water partition coefficient (Wildman–Crippen LogP) is 4.04. The van der Waals surface area contributed by atoms with Gasteiger partial charge in [-0.05, 0) is 37.0 Å². The minimum Gasteiger partial charge on any atom is -0.378 e. The highest BCUT2D eigenvalue weighted by molar-refractivity contribution is 14.0. The monoisotopic (exact) mass is 513 g/mol. The van der Waals surface area contributed by atoms with E-state index in [1.807, 2.05) is 32.0 Å². The Balaban J connectivity index is 0.00000420. The van der Waals surface area contributed by atoms with Gasteiger partial charge in [0.05, 0.1) is 11.6 Å². The molecule has 2 aromatic rings. The summed E-state index contributed by atoms with van der Waals surface area (Å²) in [6.07, 6.45) is 1.22. The number of guanidine groups is 1. The number of hydrogen-bond donors (Lipinski definition) is 2. The Hall–Kier alpha value is -1.61. The van der Waals surface area contributed by atoms with Crippen LogP contribution < -0.4 is 15.5 Å². The Labute approximate surface area is 192 Å². The molecule has 2 rings (SSSR count). The van der Waals surface area contributed by atoms with Gasteiger partial charge in [0, 0.05) is 46.2 Å². The lowest BCUT2D eigenvalue weighted by molar-refractivity contribution is 0.0258. The van der Waals surface area contributed by atoms with Gasteiger partial charge in [0.25, 0.3) is 0 Å². The highest BCUT2D eigenvalue weighted by Gasteiger charge is 2.13. The molecule has 7 heteroatoms. The second-order valence-electron chi connectivity index (χ2n) is 7.43. The van der Waals surface area contributed by atoms with Crippen LogP contribution >= 0.6 is 24.0 Å². The summed E-state index contributed by atoms with van der Waals surface area (Å²) in [5.41, 5.74) is 2.21. The van der Waals surface area contributed by atoms with E-state index >= 15 is 0 Å². The predicted molar refractivity (Wildman–Crippen MR) is 135 cm³/mol. The van der Waals surface area contributed by atoms with Crippen LogP contribution in [0.5, 0.6) is 0 Å². The van der Waals surface area contributed by atoms with Crippen molar-refractivity contribution < 1.29 is 4.74 Å². The number of fused-ring (bicyclic) bond motifs is 1. The van der Waals surface area contributed by atoms with Crippen molar-refractivity contribution in [2.45, 2.75) is 39.8 Å². The van der Waals surface area contributed by atoms with E-state index in [-0.39, 0.29) is 30.1 Å². The van der Waals surface area contributed by atoms with Gasteiger partial charge in [0.1, 0.15) is 5.82 Å². The number of halogens is 1. The molecule has 0 saturated heterocycles. The molecule has 0 spiro atoms. The summed E-state index contributed by atoms with van der Waals surface area (Å²) in [6.45, 7) is 8.70. The van der Waals surface area contributed by atoms with Gasteiger partial charge in [-0.1, -0.05) is 32.0 Å². The van der Waals surface area contributed by atoms with Crippen LogP contribution in [-0.4, -0.2) is 51.3 Å². The molecule has 162 valence electrons. The van der Waals surface area contributed by atoms with Crippen molar-refractivity contribution in [3.05, 3.63) is 35.9 Å². The van der Waals surface area contributed by atoms with E-state index in [1.165, 1.54) is 5.56 Å². The van der Waals surface area contributed by atoms with Gasteiger partial charge in [-0.3, -0.25) is 4.99 Å². The van der Waals surface area contributed by atoms with Crippen LogP contribution in [0.1, 0.15) is 32.8 Å². The fraction of sp³-hybridized carbons (Fsp3) is 0.545. The Morgan fingerprint density at radius 1 is 1.21 bits per heavy atom. The van der Waals surface area contributed by atoms with E-state index in [0.29, 0.717) is 12.5 Å². The molecule has 1 heterocycles. The van der Waals surface area contributed by atoms with Crippen molar-refractivity contribution in [3.63, 3.8) is 0 Å². The molecule has 0 amide bonds. The molecule has 6 nitrogen and oxygen atoms in total. The second-order valence-corrected chi connectivity index (χ2v) is 7.43. The molecule has 0 aliphatic heterocycles. The maximum Gasteiger partial charge on any atom is 0.191 e. The lowest BCUT2D eigenvalue weighted by atomic mass is 10.0. The number of hydrogen-bond acceptors (Lipinski definition) is 4. The third-order valence-corrected chi connectivity index (χ3v) is 4.76. The molecule has 0 fully saturated rings. The Bertz CT molecular complexity index is 779. The first-order chi connectivity index (χ1) is 13.5. The fourth-order valence-corrected chi connectivity index (χ4v) is 3.16. The molecule has 1 aromatic heterocycles. The highest BCUT2D eigenvalue weighted by atomic mass is 127. The molecule has 0 aliphatic carbocycles. The number of nitrogens with zero attached hydrogens (tertiary/aromatic N) is 3. The zero-order valence-corrected chi connectivity index (χ0v) is 20.9. The van der Waals surface area contributed by atoms with E-state index in [0.717, 1.165) is 42.3 Å². The minimum absolute atomic E-state index is 0. The summed E-state index contributed by atoms with van der Waals surface area (Å²) in [5.74, 6) is 2.26. The Morgan fingerprint density at radius 3 is 2.55 bits per heavy atom. The number of anilines is 1. The fourth-order valence-electron chi connectivity index (χ4n) is 3.16. The lowest BCUT2D eigenvalue weighted by Gasteiger charge is -2.21. The third kappa shape index (κ3) is 7.62. The number of rotatable bonds is 9. The van der Waals surface area contributed by atoms with Crippen LogP contribution in [0.3, 0.4) is 0 Å². The number of nitrogens with one attached hydrogen (secondary N) is 2. The quantitative estimate of drug-likeness (QED) is 0.301. The number of aliphatic imine (C=N–C) groups is 1. The van der Waals surface area contributed by atoms with Crippen LogP contribution in [-0.2, 0) is 11.3 Å². The molecule has 1 unspecified atom stereocenters. The van der Waals surface area contributed by atoms with E-state index in [1.54, 1.807) is 7.05 Å². The summed E-state index contributed by atoms with van der Waals surface area (Å²) in [5, 5.41) is 7.99. The maximum absolute atomic E-state index is 5.82. The van der Waals surface area contributed by atoms with Crippen molar-refractivity contribution in [2.24, 2.45) is 10.9 Å². The molecule has 0 aliphatic rings. The summed E-state index contributed by atoms with van der Waals surface area (Å²) in [4.78, 5) is 11.1. The first-order valence-corrected chi connectivity index (χ1v) is 10.1. The first-order valence-electron chi connectivity index (χ1n) is 10.1. The molecule has 1 aromatic carbocycles. The minimum atomic E-state index is 0. The molecule has 0 bridgehead atoms. The average Bonchev–Trinajstić information content (AvgIpc) is 2.69. The van der Waals surface area contributed by atoms with Gasteiger partial charge in [-0.15, -0.1) is 24.0 Å². The molecule has 2 N–H and O–H groups in total. The molecule has 29 heavy (non-hydrogen) atoms. The molecular formula is C22H36IN5O. The normalized spacial score (nSPS) is 12.6. The van der Waals surface area contributed by atoms with E-state index < -0.39 is 0 Å². The summed E-state index contributed by atoms with van der Waals surface area (Å²) < 4.78 is 5.82. The Kier molecular flexibility index (Phi) is 11.3. The standard InChI is InChI=1S/C22H35N5O.HI/c1-7-28-20(16(2)3)12-13-24-22(23-4)25-15-17-14-21(27(5)6)26-19-11-9-8-10-18(17)19;/h8-11,14,16,20H,7,12-13,15H2,1-6H3,(H2,23,24,25);1H. The molecular weight excluding hydrogens is 477 g/mol. The van der Waals surface area contributed by atoms with Crippen LogP contribution in [0.15, 0.2) is 35.3 Å². The number of ether oxygens (including phenoxy) is 1. The third-order valence-electron chi connectivity index (χ3n) is 4.76. The van der Waals surface area contributed by atoms with E-state index in [2.05, 4.69) is 53.7 Å². The highest BCUT2D eigenvalue weighted by Crippen LogP contribution is 2.22. The zero-order chi connectivity index (χ0) is 20.5. The maximum atomic E-state index is 5.82. The average molecular weight is 513 g/mol. The second kappa shape index (κ2) is 12.8. The smallest absolute Gasteiger partial charge is 0.191 e. The van der Waals surface area contributed by atoms with Gasteiger partial charge in [-0.25, -0.2) is 4.98 Å². The molecule has 1 atom stereocenters. The van der Waals surface area contributed by atoms with Crippen LogP contribution in [0.2, 0.25) is 0 Å². The van der Waals surface area contributed by atoms with Gasteiger partial charge >= 0.3 is 0 Å². The Morgan fingerprint density at radius 2 is 1.93 bits per heavy atom. The molecule has 0 radical (unpaired) electrons. The van der Waals surface area contributed by atoms with Crippen LogP contribution in [0, 0.1) is 5.92 Å². The van der Waals surface area contributed by atoms with Crippen LogP contribution in [0.25, 0.3) is 10.9 Å². The summed E-state index contributed by atoms with van der Waals surface area (Å²) in [6, 6.07) is 10.4. The van der Waals surface area contributed by atoms with Crippen molar-refractivity contribution in [3.8, 4) is 0 Å². The summed E-state index contributed by atoms with van der Waals surface area (Å²) in [7, 11) is 5.82. The van der Waals surface area contributed by atoms with Crippen molar-refractivity contribution in [2.75, 3.05) is 39.2 Å². The number of para-hydroxylation sites is 1. The van der Waals surface area contributed by atoms with Crippen molar-refractivity contribution in [1.29, 1.82) is 0 Å². The van der Waals surface area contributed by atoms with E-state index in [9.17, 15) is 0 Å². The largest absolute Gasteiger partial charge is 0.378 e.